The summed E-state index contributed by atoms with van der Waals surface area (Å²) in [5.74, 6) is 1.21. The summed E-state index contributed by atoms with van der Waals surface area (Å²) < 4.78 is 10.6. The van der Waals surface area contributed by atoms with Crippen molar-refractivity contribution in [1.82, 2.24) is 9.80 Å². The molecule has 4 rings (SSSR count). The van der Waals surface area contributed by atoms with Crippen LogP contribution >= 0.6 is 0 Å². The van der Waals surface area contributed by atoms with Crippen molar-refractivity contribution in [3.8, 4) is 11.5 Å². The van der Waals surface area contributed by atoms with Gasteiger partial charge in [0.2, 0.25) is 11.8 Å². The molecule has 0 bridgehead atoms. The summed E-state index contributed by atoms with van der Waals surface area (Å²) in [6, 6.07) is 20.0. The molecule has 170 valence electrons. The molecule has 2 amide bonds. The van der Waals surface area contributed by atoms with Crippen LogP contribution in [0.4, 0.5) is 0 Å². The van der Waals surface area contributed by atoms with E-state index >= 15 is 0 Å². The summed E-state index contributed by atoms with van der Waals surface area (Å²) in [5.41, 5.74) is 1.93. The molecule has 33 heavy (non-hydrogen) atoms. The molecule has 1 fully saturated rings. The van der Waals surface area contributed by atoms with Gasteiger partial charge in [-0.2, -0.15) is 0 Å². The highest BCUT2D eigenvalue weighted by atomic mass is 16.5. The Morgan fingerprint density at radius 2 is 1.70 bits per heavy atom. The molecular weight excluding hydrogens is 416 g/mol. The maximum atomic E-state index is 12.8. The Bertz CT molecular complexity index is 1190. The lowest BCUT2D eigenvalue weighted by Gasteiger charge is -2.22. The highest BCUT2D eigenvalue weighted by molar-refractivity contribution is 5.92. The fourth-order valence-corrected chi connectivity index (χ4v) is 4.04. The number of methoxy groups -OCH3 is 2. The summed E-state index contributed by atoms with van der Waals surface area (Å²) in [6.45, 7) is 1.99. The summed E-state index contributed by atoms with van der Waals surface area (Å²) in [7, 11) is 3.16. The molecule has 1 heterocycles. The van der Waals surface area contributed by atoms with Gasteiger partial charge in [-0.15, -0.1) is 0 Å². The molecule has 1 saturated heterocycles. The van der Waals surface area contributed by atoms with E-state index in [1.165, 1.54) is 5.39 Å². The van der Waals surface area contributed by atoms with Gasteiger partial charge in [-0.05, 0) is 46.2 Å². The van der Waals surface area contributed by atoms with Crippen LogP contribution in [0.15, 0.2) is 66.7 Å². The number of fused-ring (bicyclic) bond motifs is 1. The molecule has 1 aliphatic rings. The third kappa shape index (κ3) is 5.34. The smallest absolute Gasteiger partial charge is 0.246 e. The first kappa shape index (κ1) is 22.4. The van der Waals surface area contributed by atoms with E-state index in [2.05, 4.69) is 30.3 Å². The molecule has 0 aromatic heterocycles. The molecule has 6 heteroatoms. The summed E-state index contributed by atoms with van der Waals surface area (Å²) >= 11 is 0. The van der Waals surface area contributed by atoms with Gasteiger partial charge in [0, 0.05) is 38.7 Å². The second-order valence-corrected chi connectivity index (χ2v) is 8.02. The molecule has 0 radical (unpaired) electrons. The summed E-state index contributed by atoms with van der Waals surface area (Å²) in [4.78, 5) is 29.1. The van der Waals surface area contributed by atoms with Gasteiger partial charge in [0.25, 0.3) is 0 Å². The van der Waals surface area contributed by atoms with Gasteiger partial charge >= 0.3 is 0 Å². The van der Waals surface area contributed by atoms with Crippen LogP contribution in [-0.4, -0.2) is 55.5 Å². The minimum absolute atomic E-state index is 0.0716. The zero-order valence-corrected chi connectivity index (χ0v) is 19.0. The van der Waals surface area contributed by atoms with Crippen molar-refractivity contribution in [2.75, 3.05) is 33.9 Å². The van der Waals surface area contributed by atoms with Gasteiger partial charge in [0.15, 0.2) is 11.5 Å². The first-order chi connectivity index (χ1) is 16.1. The van der Waals surface area contributed by atoms with Crippen molar-refractivity contribution in [2.24, 2.45) is 0 Å². The minimum atomic E-state index is -0.106. The second kappa shape index (κ2) is 10.2. The highest BCUT2D eigenvalue weighted by Gasteiger charge is 2.23. The molecule has 0 aliphatic carbocycles. The minimum Gasteiger partial charge on any atom is -0.493 e. The Morgan fingerprint density at radius 1 is 0.909 bits per heavy atom. The van der Waals surface area contributed by atoms with Crippen molar-refractivity contribution in [2.45, 2.75) is 13.0 Å². The van der Waals surface area contributed by atoms with Crippen molar-refractivity contribution in [3.63, 3.8) is 0 Å². The lowest BCUT2D eigenvalue weighted by atomic mass is 10.1. The third-order valence-electron chi connectivity index (χ3n) is 5.91. The zero-order valence-electron chi connectivity index (χ0n) is 19.0. The number of benzene rings is 3. The van der Waals surface area contributed by atoms with Crippen LogP contribution in [0, 0.1) is 0 Å². The molecule has 0 saturated carbocycles. The van der Waals surface area contributed by atoms with Crippen molar-refractivity contribution in [3.05, 3.63) is 77.9 Å². The highest BCUT2D eigenvalue weighted by Crippen LogP contribution is 2.28. The number of carbonyl (C=O) groups is 2. The molecule has 0 atom stereocenters. The SMILES string of the molecule is COc1ccc(/C=C/C(=O)N2CCC(=O)N(Cc3ccc4ccccc4c3)CC2)cc1OC. The number of ether oxygens (including phenoxy) is 2. The van der Waals surface area contributed by atoms with Crippen LogP contribution in [0.2, 0.25) is 0 Å². The van der Waals surface area contributed by atoms with E-state index in [0.29, 0.717) is 44.1 Å². The number of rotatable bonds is 6. The predicted molar refractivity (Wildman–Crippen MR) is 129 cm³/mol. The quantitative estimate of drug-likeness (QED) is 0.537. The van der Waals surface area contributed by atoms with E-state index < -0.39 is 0 Å². The average molecular weight is 445 g/mol. The van der Waals surface area contributed by atoms with Crippen LogP contribution in [0.5, 0.6) is 11.5 Å². The molecule has 6 nitrogen and oxygen atoms in total. The fraction of sp³-hybridized carbons (Fsp3) is 0.259. The molecule has 1 aliphatic heterocycles. The van der Waals surface area contributed by atoms with Crippen LogP contribution in [-0.2, 0) is 16.1 Å². The monoisotopic (exact) mass is 444 g/mol. The third-order valence-corrected chi connectivity index (χ3v) is 5.91. The van der Waals surface area contributed by atoms with Crippen LogP contribution in [0.3, 0.4) is 0 Å². The Hall–Kier alpha value is -3.80. The first-order valence-electron chi connectivity index (χ1n) is 11.0. The van der Waals surface area contributed by atoms with E-state index in [1.807, 2.05) is 29.2 Å². The number of carbonyl (C=O) groups excluding carboxylic acids is 2. The Morgan fingerprint density at radius 3 is 2.48 bits per heavy atom. The lowest BCUT2D eigenvalue weighted by Crippen LogP contribution is -2.34. The molecular formula is C27H28N2O4. The van der Waals surface area contributed by atoms with E-state index in [4.69, 9.17) is 9.47 Å². The molecule has 0 N–H and O–H groups in total. The van der Waals surface area contributed by atoms with Gasteiger partial charge in [-0.25, -0.2) is 0 Å². The van der Waals surface area contributed by atoms with Crippen molar-refractivity contribution < 1.29 is 19.1 Å². The van der Waals surface area contributed by atoms with E-state index in [1.54, 1.807) is 37.3 Å². The van der Waals surface area contributed by atoms with Gasteiger partial charge < -0.3 is 19.3 Å². The standard InChI is InChI=1S/C27H28N2O4/c1-32-24-11-8-20(18-25(24)33-2)9-12-26(30)28-14-13-27(31)29(16-15-28)19-21-7-10-22-5-3-4-6-23(22)17-21/h3-12,17-18H,13-16,19H2,1-2H3/b12-9+. The average Bonchev–Trinajstić information content (AvgIpc) is 3.03. The van der Waals surface area contributed by atoms with Crippen LogP contribution in [0.25, 0.3) is 16.8 Å². The topological polar surface area (TPSA) is 59.1 Å². The Kier molecular flexibility index (Phi) is 6.93. The van der Waals surface area contributed by atoms with Crippen LogP contribution in [0.1, 0.15) is 17.5 Å². The summed E-state index contributed by atoms with van der Waals surface area (Å²) in [6.07, 6.45) is 3.62. The zero-order chi connectivity index (χ0) is 23.2. The summed E-state index contributed by atoms with van der Waals surface area (Å²) in [5, 5.41) is 2.34. The van der Waals surface area contributed by atoms with Gasteiger partial charge in [-0.1, -0.05) is 42.5 Å². The lowest BCUT2D eigenvalue weighted by molar-refractivity contribution is -0.130. The molecule has 3 aromatic rings. The van der Waals surface area contributed by atoms with Gasteiger partial charge in [0.1, 0.15) is 0 Å². The fourth-order valence-electron chi connectivity index (χ4n) is 4.04. The normalized spacial score (nSPS) is 14.5. The molecule has 3 aromatic carbocycles. The van der Waals surface area contributed by atoms with E-state index in [-0.39, 0.29) is 11.8 Å². The Balaban J connectivity index is 1.39. The maximum absolute atomic E-state index is 12.8. The molecule has 0 spiro atoms. The van der Waals surface area contributed by atoms with E-state index in [0.717, 1.165) is 16.5 Å². The van der Waals surface area contributed by atoms with Crippen LogP contribution < -0.4 is 9.47 Å². The first-order valence-corrected chi connectivity index (χ1v) is 11.0. The predicted octanol–water partition coefficient (Wildman–Crippen LogP) is 4.13. The number of amides is 2. The Labute approximate surface area is 194 Å². The molecule has 0 unspecified atom stereocenters. The number of nitrogens with zero attached hydrogens (tertiary/aromatic N) is 2. The maximum Gasteiger partial charge on any atom is 0.246 e. The van der Waals surface area contributed by atoms with E-state index in [9.17, 15) is 9.59 Å². The largest absolute Gasteiger partial charge is 0.493 e. The number of hydrogen-bond donors (Lipinski definition) is 0. The van der Waals surface area contributed by atoms with Gasteiger partial charge in [0.05, 0.1) is 14.2 Å². The second-order valence-electron chi connectivity index (χ2n) is 8.02. The number of hydrogen-bond acceptors (Lipinski definition) is 4. The van der Waals surface area contributed by atoms with Crippen molar-refractivity contribution in [1.29, 1.82) is 0 Å². The van der Waals surface area contributed by atoms with Gasteiger partial charge in [-0.3, -0.25) is 9.59 Å². The van der Waals surface area contributed by atoms with Crippen molar-refractivity contribution >= 4 is 28.7 Å².